The minimum Gasteiger partial charge on any atom is -0.375 e. The van der Waals surface area contributed by atoms with Crippen LogP contribution in [0.1, 0.15) is 77.6 Å². The van der Waals surface area contributed by atoms with Crippen LogP contribution in [0.5, 0.6) is 0 Å². The van der Waals surface area contributed by atoms with Crippen LogP contribution in [0.25, 0.3) is 0 Å². The molecule has 3 rings (SSSR count). The zero-order chi connectivity index (χ0) is 14.8. The average Bonchev–Trinajstić information content (AvgIpc) is 2.72. The summed E-state index contributed by atoms with van der Waals surface area (Å²) in [6.07, 6.45) is 13.7. The highest BCUT2D eigenvalue weighted by Crippen LogP contribution is 2.47. The zero-order valence-electron chi connectivity index (χ0n) is 13.7. The van der Waals surface area contributed by atoms with Gasteiger partial charge in [-0.3, -0.25) is 0 Å². The minimum atomic E-state index is -0.0573. The van der Waals surface area contributed by atoms with Crippen LogP contribution in [0.4, 0.5) is 0 Å². The molecule has 0 amide bonds. The lowest BCUT2D eigenvalue weighted by Crippen LogP contribution is -2.58. The van der Waals surface area contributed by atoms with Crippen LogP contribution in [0.3, 0.4) is 0 Å². The molecule has 0 radical (unpaired) electrons. The predicted octanol–water partition coefficient (Wildman–Crippen LogP) is 3.79. The van der Waals surface area contributed by atoms with E-state index in [2.05, 4.69) is 6.92 Å². The molecule has 1 spiro atoms. The van der Waals surface area contributed by atoms with Crippen molar-refractivity contribution in [2.45, 2.75) is 94.8 Å². The molecule has 0 aromatic rings. The molecule has 3 heteroatoms. The normalized spacial score (nSPS) is 33.1. The minimum absolute atomic E-state index is 0.0573. The van der Waals surface area contributed by atoms with Crippen molar-refractivity contribution in [1.29, 1.82) is 0 Å². The number of nitrogens with two attached hydrogens (primary N) is 1. The Morgan fingerprint density at radius 3 is 2.38 bits per heavy atom. The maximum absolute atomic E-state index is 6.83. The first-order valence-electron chi connectivity index (χ1n) is 9.23. The van der Waals surface area contributed by atoms with Gasteiger partial charge in [-0.05, 0) is 57.8 Å². The molecular formula is C18H33NO2. The van der Waals surface area contributed by atoms with Gasteiger partial charge in [0.15, 0.2) is 0 Å². The van der Waals surface area contributed by atoms with Crippen molar-refractivity contribution in [2.24, 2.45) is 11.7 Å². The summed E-state index contributed by atoms with van der Waals surface area (Å²) < 4.78 is 12.4. The highest BCUT2D eigenvalue weighted by atomic mass is 16.5. The second-order valence-corrected chi connectivity index (χ2v) is 7.58. The first kappa shape index (κ1) is 15.8. The van der Waals surface area contributed by atoms with E-state index >= 15 is 0 Å². The van der Waals surface area contributed by atoms with Crippen molar-refractivity contribution in [3.05, 3.63) is 0 Å². The number of rotatable bonds is 4. The molecule has 0 aromatic heterocycles. The van der Waals surface area contributed by atoms with Crippen LogP contribution >= 0.6 is 0 Å². The smallest absolute Gasteiger partial charge is 0.0835 e. The first-order chi connectivity index (χ1) is 10.2. The zero-order valence-corrected chi connectivity index (χ0v) is 13.7. The Morgan fingerprint density at radius 2 is 1.81 bits per heavy atom. The molecule has 122 valence electrons. The summed E-state index contributed by atoms with van der Waals surface area (Å²) in [5.74, 6) is 0.587. The molecule has 3 fully saturated rings. The summed E-state index contributed by atoms with van der Waals surface area (Å²) >= 11 is 0. The Kier molecular flexibility index (Phi) is 4.92. The molecule has 1 heterocycles. The van der Waals surface area contributed by atoms with Gasteiger partial charge in [-0.15, -0.1) is 0 Å². The van der Waals surface area contributed by atoms with Crippen LogP contribution in [0, 0.1) is 5.92 Å². The summed E-state index contributed by atoms with van der Waals surface area (Å²) in [5, 5.41) is 0. The fraction of sp³-hybridized carbons (Fsp3) is 1.00. The summed E-state index contributed by atoms with van der Waals surface area (Å²) in [7, 11) is 0. The molecule has 2 saturated carbocycles. The number of hydrogen-bond donors (Lipinski definition) is 1. The molecule has 2 aliphatic carbocycles. The van der Waals surface area contributed by atoms with Gasteiger partial charge in [-0.2, -0.15) is 0 Å². The third-order valence-electron chi connectivity index (χ3n) is 6.29. The Labute approximate surface area is 129 Å². The summed E-state index contributed by atoms with van der Waals surface area (Å²) in [6.45, 7) is 3.82. The van der Waals surface area contributed by atoms with E-state index in [1.54, 1.807) is 0 Å². The first-order valence-corrected chi connectivity index (χ1v) is 9.23. The van der Waals surface area contributed by atoms with Crippen molar-refractivity contribution in [2.75, 3.05) is 13.2 Å². The van der Waals surface area contributed by atoms with Crippen LogP contribution in [-0.2, 0) is 9.47 Å². The quantitative estimate of drug-likeness (QED) is 0.802. The molecular weight excluding hydrogens is 262 g/mol. The molecule has 2 atom stereocenters. The topological polar surface area (TPSA) is 44.5 Å². The molecule has 1 saturated heterocycles. The van der Waals surface area contributed by atoms with E-state index in [4.69, 9.17) is 15.2 Å². The van der Waals surface area contributed by atoms with Gasteiger partial charge in [0.2, 0.25) is 0 Å². The third kappa shape index (κ3) is 3.16. The van der Waals surface area contributed by atoms with Crippen molar-refractivity contribution < 1.29 is 9.47 Å². The van der Waals surface area contributed by atoms with Gasteiger partial charge in [-0.25, -0.2) is 0 Å². The second-order valence-electron chi connectivity index (χ2n) is 7.58. The standard InChI is InChI=1S/C18H33NO2/c1-2-20-18(11-5-3-4-6-12-18)16(19)15-8-13-21-17(14-15)9-7-10-17/h15-16H,2-14,19H2,1H3. The molecule has 3 nitrogen and oxygen atoms in total. The Morgan fingerprint density at radius 1 is 1.10 bits per heavy atom. The van der Waals surface area contributed by atoms with Crippen molar-refractivity contribution in [3.63, 3.8) is 0 Å². The Balaban J connectivity index is 1.71. The van der Waals surface area contributed by atoms with Gasteiger partial charge in [0.1, 0.15) is 0 Å². The molecule has 0 bridgehead atoms. The highest BCUT2D eigenvalue weighted by Gasteiger charge is 2.48. The van der Waals surface area contributed by atoms with E-state index < -0.39 is 0 Å². The van der Waals surface area contributed by atoms with Crippen molar-refractivity contribution >= 4 is 0 Å². The van der Waals surface area contributed by atoms with Crippen LogP contribution in [0.2, 0.25) is 0 Å². The predicted molar refractivity (Wildman–Crippen MR) is 85.3 cm³/mol. The highest BCUT2D eigenvalue weighted by molar-refractivity contribution is 5.02. The fourth-order valence-electron chi connectivity index (χ4n) is 4.91. The third-order valence-corrected chi connectivity index (χ3v) is 6.29. The van der Waals surface area contributed by atoms with E-state index in [0.717, 1.165) is 32.5 Å². The number of hydrogen-bond acceptors (Lipinski definition) is 3. The van der Waals surface area contributed by atoms with Crippen molar-refractivity contribution in [3.8, 4) is 0 Å². The fourth-order valence-corrected chi connectivity index (χ4v) is 4.91. The van der Waals surface area contributed by atoms with Gasteiger partial charge in [0.25, 0.3) is 0 Å². The Bertz CT molecular complexity index is 332. The van der Waals surface area contributed by atoms with Gasteiger partial charge in [0, 0.05) is 19.3 Å². The van der Waals surface area contributed by atoms with Crippen LogP contribution in [-0.4, -0.2) is 30.5 Å². The molecule has 2 N–H and O–H groups in total. The second kappa shape index (κ2) is 6.55. The monoisotopic (exact) mass is 295 g/mol. The molecule has 3 aliphatic rings. The molecule has 0 aromatic carbocycles. The molecule has 21 heavy (non-hydrogen) atoms. The SMILES string of the molecule is CCOC1(C(N)C2CCOC3(CCC3)C2)CCCCCC1. The van der Waals surface area contributed by atoms with Gasteiger partial charge >= 0.3 is 0 Å². The maximum Gasteiger partial charge on any atom is 0.0835 e. The largest absolute Gasteiger partial charge is 0.375 e. The van der Waals surface area contributed by atoms with Crippen LogP contribution in [0.15, 0.2) is 0 Å². The molecule has 1 aliphatic heterocycles. The van der Waals surface area contributed by atoms with E-state index in [1.165, 1.54) is 51.4 Å². The lowest BCUT2D eigenvalue weighted by molar-refractivity contribution is -0.161. The van der Waals surface area contributed by atoms with Gasteiger partial charge in [0.05, 0.1) is 11.2 Å². The lowest BCUT2D eigenvalue weighted by Gasteiger charge is -2.51. The van der Waals surface area contributed by atoms with Crippen molar-refractivity contribution in [1.82, 2.24) is 0 Å². The molecule has 2 unspecified atom stereocenters. The van der Waals surface area contributed by atoms with E-state index in [9.17, 15) is 0 Å². The Hall–Kier alpha value is -0.120. The summed E-state index contributed by atoms with van der Waals surface area (Å²) in [5.41, 5.74) is 6.97. The summed E-state index contributed by atoms with van der Waals surface area (Å²) in [4.78, 5) is 0. The average molecular weight is 295 g/mol. The van der Waals surface area contributed by atoms with Gasteiger partial charge < -0.3 is 15.2 Å². The van der Waals surface area contributed by atoms with Crippen LogP contribution < -0.4 is 5.73 Å². The van der Waals surface area contributed by atoms with E-state index in [0.29, 0.717) is 5.92 Å². The summed E-state index contributed by atoms with van der Waals surface area (Å²) in [6, 6.07) is 0.192. The number of ether oxygens (including phenoxy) is 2. The maximum atomic E-state index is 6.83. The van der Waals surface area contributed by atoms with E-state index in [-0.39, 0.29) is 17.2 Å². The lowest BCUT2D eigenvalue weighted by atomic mass is 9.67. The van der Waals surface area contributed by atoms with Gasteiger partial charge in [-0.1, -0.05) is 25.7 Å². The van der Waals surface area contributed by atoms with E-state index in [1.807, 2.05) is 0 Å².